The minimum Gasteiger partial charge on any atom is -0.493 e. The molecule has 0 spiro atoms. The Hall–Kier alpha value is -4.73. The van der Waals surface area contributed by atoms with Crippen molar-refractivity contribution < 1.29 is 23.6 Å². The molecular weight excluding hydrogens is 452 g/mol. The number of pyridine rings is 1. The van der Waals surface area contributed by atoms with E-state index in [1.807, 2.05) is 0 Å². The van der Waals surface area contributed by atoms with E-state index in [0.29, 0.717) is 28.3 Å². The molecule has 1 N–H and O–H groups in total. The fourth-order valence-corrected chi connectivity index (χ4v) is 3.42. The summed E-state index contributed by atoms with van der Waals surface area (Å²) in [5.74, 6) is 0.788. The zero-order valence-electron chi connectivity index (χ0n) is 19.3. The predicted octanol–water partition coefficient (Wildman–Crippen LogP) is 3.42. The van der Waals surface area contributed by atoms with Gasteiger partial charge in [0.2, 0.25) is 11.7 Å². The lowest BCUT2D eigenvalue weighted by Gasteiger charge is -2.09. The molecule has 2 heterocycles. The number of nitrogens with zero attached hydrogens (tertiary/aromatic N) is 3. The molecule has 10 nitrogen and oxygen atoms in total. The number of benzene rings is 2. The highest BCUT2D eigenvalue weighted by atomic mass is 16.5. The van der Waals surface area contributed by atoms with Crippen LogP contribution in [0.2, 0.25) is 0 Å². The van der Waals surface area contributed by atoms with Gasteiger partial charge in [-0.05, 0) is 49.4 Å². The van der Waals surface area contributed by atoms with E-state index in [0.717, 1.165) is 0 Å². The zero-order chi connectivity index (χ0) is 24.9. The predicted molar refractivity (Wildman–Crippen MR) is 128 cm³/mol. The van der Waals surface area contributed by atoms with Gasteiger partial charge in [0.1, 0.15) is 12.1 Å². The van der Waals surface area contributed by atoms with Crippen LogP contribution >= 0.6 is 0 Å². The van der Waals surface area contributed by atoms with Gasteiger partial charge >= 0.3 is 0 Å². The first-order valence-corrected chi connectivity index (χ1v) is 10.6. The summed E-state index contributed by atoms with van der Waals surface area (Å²) in [6.45, 7) is 1.20. The minimum absolute atomic E-state index is 0.0173. The summed E-state index contributed by atoms with van der Waals surface area (Å²) in [5, 5.41) is 6.66. The van der Waals surface area contributed by atoms with Gasteiger partial charge in [0.05, 0.1) is 14.2 Å². The van der Waals surface area contributed by atoms with Gasteiger partial charge in [-0.15, -0.1) is 0 Å². The van der Waals surface area contributed by atoms with Crippen LogP contribution in [0, 0.1) is 0 Å². The van der Waals surface area contributed by atoms with Crippen LogP contribution in [-0.2, 0) is 11.3 Å². The first-order chi connectivity index (χ1) is 16.9. The largest absolute Gasteiger partial charge is 0.493 e. The number of anilines is 1. The van der Waals surface area contributed by atoms with Crippen molar-refractivity contribution in [1.82, 2.24) is 14.7 Å². The molecule has 2 aromatic heterocycles. The van der Waals surface area contributed by atoms with Gasteiger partial charge in [0.15, 0.2) is 17.3 Å². The normalized spacial score (nSPS) is 10.6. The highest BCUT2D eigenvalue weighted by Crippen LogP contribution is 2.31. The average Bonchev–Trinajstić information content (AvgIpc) is 3.35. The van der Waals surface area contributed by atoms with Crippen molar-refractivity contribution in [2.24, 2.45) is 0 Å². The molecule has 0 saturated carbocycles. The van der Waals surface area contributed by atoms with Crippen molar-refractivity contribution in [3.63, 3.8) is 0 Å². The molecule has 0 aliphatic carbocycles. The molecule has 4 rings (SSSR count). The van der Waals surface area contributed by atoms with Gasteiger partial charge in [-0.2, -0.15) is 4.98 Å². The summed E-state index contributed by atoms with van der Waals surface area (Å²) in [6, 6.07) is 14.9. The van der Waals surface area contributed by atoms with E-state index in [1.54, 1.807) is 54.6 Å². The van der Waals surface area contributed by atoms with Crippen molar-refractivity contribution in [2.45, 2.75) is 13.5 Å². The van der Waals surface area contributed by atoms with E-state index >= 15 is 0 Å². The quantitative estimate of drug-likeness (QED) is 0.385. The molecule has 178 valence electrons. The Bertz CT molecular complexity index is 1460. The van der Waals surface area contributed by atoms with Crippen molar-refractivity contribution in [1.29, 1.82) is 0 Å². The maximum atomic E-state index is 13.0. The van der Waals surface area contributed by atoms with Gasteiger partial charge in [-0.1, -0.05) is 17.3 Å². The standard InChI is InChI=1S/C25H22N4O6/c1-15(30)16-6-4-7-18(12-16)26-22(31)14-29-11-5-8-19(25(29)32)24-27-23(28-35-24)17-9-10-20(33-2)21(13-17)34-3/h4-13H,14H2,1-3H3,(H,26,31). The van der Waals surface area contributed by atoms with Gasteiger partial charge < -0.3 is 23.9 Å². The van der Waals surface area contributed by atoms with Crippen LogP contribution in [0.5, 0.6) is 11.5 Å². The lowest BCUT2D eigenvalue weighted by atomic mass is 10.1. The van der Waals surface area contributed by atoms with Crippen LogP contribution in [0.1, 0.15) is 17.3 Å². The van der Waals surface area contributed by atoms with E-state index in [-0.39, 0.29) is 29.6 Å². The molecule has 10 heteroatoms. The van der Waals surface area contributed by atoms with Gasteiger partial charge in [-0.25, -0.2) is 0 Å². The lowest BCUT2D eigenvalue weighted by Crippen LogP contribution is -2.28. The van der Waals surface area contributed by atoms with E-state index in [1.165, 1.54) is 31.9 Å². The summed E-state index contributed by atoms with van der Waals surface area (Å²) in [6.07, 6.45) is 1.49. The molecule has 35 heavy (non-hydrogen) atoms. The number of carbonyl (C=O) groups is 2. The number of amides is 1. The number of hydrogen-bond donors (Lipinski definition) is 1. The van der Waals surface area contributed by atoms with Gasteiger partial charge in [0.25, 0.3) is 11.4 Å². The average molecular weight is 474 g/mol. The van der Waals surface area contributed by atoms with Crippen LogP contribution < -0.4 is 20.3 Å². The second kappa shape index (κ2) is 10.0. The van der Waals surface area contributed by atoms with Crippen molar-refractivity contribution >= 4 is 17.4 Å². The molecule has 0 unspecified atom stereocenters. The molecule has 0 saturated heterocycles. The summed E-state index contributed by atoms with van der Waals surface area (Å²) >= 11 is 0. The number of nitrogens with one attached hydrogen (secondary N) is 1. The number of ketones is 1. The fraction of sp³-hybridized carbons (Fsp3) is 0.160. The van der Waals surface area contributed by atoms with E-state index < -0.39 is 11.5 Å². The first-order valence-electron chi connectivity index (χ1n) is 10.6. The third-order valence-electron chi connectivity index (χ3n) is 5.19. The van der Waals surface area contributed by atoms with Crippen LogP contribution in [0.25, 0.3) is 22.8 Å². The van der Waals surface area contributed by atoms with Crippen molar-refractivity contribution in [3.05, 3.63) is 76.7 Å². The molecular formula is C25H22N4O6. The molecule has 0 aliphatic rings. The number of aromatic nitrogens is 3. The third kappa shape index (κ3) is 5.11. The zero-order valence-corrected chi connectivity index (χ0v) is 19.3. The summed E-state index contributed by atoms with van der Waals surface area (Å²) in [5.41, 5.74) is 1.23. The van der Waals surface area contributed by atoms with Gasteiger partial charge in [-0.3, -0.25) is 14.4 Å². The Morgan fingerprint density at radius 3 is 2.57 bits per heavy atom. The number of hydrogen-bond acceptors (Lipinski definition) is 8. The third-order valence-corrected chi connectivity index (χ3v) is 5.19. The Balaban J connectivity index is 1.55. The molecule has 0 bridgehead atoms. The van der Waals surface area contributed by atoms with Crippen molar-refractivity contribution in [2.75, 3.05) is 19.5 Å². The van der Waals surface area contributed by atoms with Crippen molar-refractivity contribution in [3.8, 4) is 34.3 Å². The highest BCUT2D eigenvalue weighted by molar-refractivity contribution is 5.97. The highest BCUT2D eigenvalue weighted by Gasteiger charge is 2.17. The van der Waals surface area contributed by atoms with Gasteiger partial charge in [0, 0.05) is 23.0 Å². The molecule has 0 atom stereocenters. The summed E-state index contributed by atoms with van der Waals surface area (Å²) in [7, 11) is 3.06. The maximum Gasteiger partial charge on any atom is 0.263 e. The maximum absolute atomic E-state index is 13.0. The number of methoxy groups -OCH3 is 2. The number of carbonyl (C=O) groups excluding carboxylic acids is 2. The Morgan fingerprint density at radius 1 is 1.03 bits per heavy atom. The van der Waals surface area contributed by atoms with E-state index in [2.05, 4.69) is 15.5 Å². The molecule has 0 fully saturated rings. The second-order valence-electron chi connectivity index (χ2n) is 7.53. The Kier molecular flexibility index (Phi) is 6.72. The fourth-order valence-electron chi connectivity index (χ4n) is 3.42. The lowest BCUT2D eigenvalue weighted by molar-refractivity contribution is -0.116. The molecule has 4 aromatic rings. The smallest absolute Gasteiger partial charge is 0.263 e. The Labute approximate surface area is 200 Å². The first kappa shape index (κ1) is 23.4. The molecule has 0 aliphatic heterocycles. The number of ether oxygens (including phenoxy) is 2. The minimum atomic E-state index is -0.470. The summed E-state index contributed by atoms with van der Waals surface area (Å²) in [4.78, 5) is 41.4. The molecule has 1 amide bonds. The van der Waals surface area contributed by atoms with Crippen LogP contribution in [0.4, 0.5) is 5.69 Å². The topological polar surface area (TPSA) is 126 Å². The molecule has 0 radical (unpaired) electrons. The van der Waals surface area contributed by atoms with Crippen LogP contribution in [0.15, 0.2) is 70.1 Å². The van der Waals surface area contributed by atoms with Crippen LogP contribution in [0.3, 0.4) is 0 Å². The second-order valence-corrected chi connectivity index (χ2v) is 7.53. The SMILES string of the molecule is COc1ccc(-c2noc(-c3cccn(CC(=O)Nc4cccc(C(C)=O)c4)c3=O)n2)cc1OC. The number of rotatable bonds is 8. The summed E-state index contributed by atoms with van der Waals surface area (Å²) < 4.78 is 17.1. The molecule has 2 aromatic carbocycles. The Morgan fingerprint density at radius 2 is 1.83 bits per heavy atom. The van der Waals surface area contributed by atoms with Crippen LogP contribution in [-0.4, -0.2) is 40.6 Å². The monoisotopic (exact) mass is 474 g/mol. The van der Waals surface area contributed by atoms with E-state index in [4.69, 9.17) is 14.0 Å². The van der Waals surface area contributed by atoms with E-state index in [9.17, 15) is 14.4 Å². The number of Topliss-reactive ketones (excluding diaryl/α,β-unsaturated/α-hetero) is 1.